The first-order chi connectivity index (χ1) is 13.0. The second-order valence-electron chi connectivity index (χ2n) is 5.69. The molecule has 0 fully saturated rings. The number of carbonyl (C=O) groups excluding carboxylic acids is 1. The van der Waals surface area contributed by atoms with Gasteiger partial charge in [0.25, 0.3) is 0 Å². The summed E-state index contributed by atoms with van der Waals surface area (Å²) in [6.07, 6.45) is 2.77. The predicted molar refractivity (Wildman–Crippen MR) is 99.3 cm³/mol. The number of esters is 1. The summed E-state index contributed by atoms with van der Waals surface area (Å²) in [4.78, 5) is 28.6. The van der Waals surface area contributed by atoms with E-state index in [0.29, 0.717) is 17.3 Å². The lowest BCUT2D eigenvalue weighted by Gasteiger charge is -2.11. The molecule has 27 heavy (non-hydrogen) atoms. The Bertz CT molecular complexity index is 941. The number of nitrogens with zero attached hydrogens (tertiary/aromatic N) is 4. The van der Waals surface area contributed by atoms with Crippen molar-refractivity contribution in [3.63, 3.8) is 0 Å². The van der Waals surface area contributed by atoms with Crippen LogP contribution in [-0.2, 0) is 4.74 Å². The summed E-state index contributed by atoms with van der Waals surface area (Å²) in [5, 5.41) is 3.09. The molecule has 0 atom stereocenters. The zero-order chi connectivity index (χ0) is 19.2. The number of benzene rings is 1. The van der Waals surface area contributed by atoms with Crippen molar-refractivity contribution in [2.24, 2.45) is 0 Å². The van der Waals surface area contributed by atoms with Crippen LogP contribution in [0, 0.1) is 13.8 Å². The molecule has 0 aliphatic rings. The number of nitrogens with one attached hydrogen (secondary N) is 1. The highest BCUT2D eigenvalue weighted by atomic mass is 16.5. The molecule has 0 radical (unpaired) electrons. The van der Waals surface area contributed by atoms with Crippen molar-refractivity contribution in [1.82, 2.24) is 19.9 Å². The Hall–Kier alpha value is -3.55. The van der Waals surface area contributed by atoms with E-state index in [2.05, 4.69) is 25.3 Å². The summed E-state index contributed by atoms with van der Waals surface area (Å²) in [6, 6.07) is 9.34. The summed E-state index contributed by atoms with van der Waals surface area (Å²) in [5.41, 5.74) is 2.59. The van der Waals surface area contributed by atoms with Crippen LogP contribution >= 0.6 is 0 Å². The van der Waals surface area contributed by atoms with Gasteiger partial charge in [-0.1, -0.05) is 6.07 Å². The van der Waals surface area contributed by atoms with Gasteiger partial charge in [-0.05, 0) is 39.0 Å². The molecule has 0 unspecified atom stereocenters. The first-order valence-corrected chi connectivity index (χ1v) is 8.39. The summed E-state index contributed by atoms with van der Waals surface area (Å²) in [5.74, 6) is 0.414. The maximum Gasteiger partial charge on any atom is 0.343 e. The number of carbonyl (C=O) groups is 1. The van der Waals surface area contributed by atoms with Crippen molar-refractivity contribution in [1.29, 1.82) is 0 Å². The van der Waals surface area contributed by atoms with E-state index in [9.17, 15) is 4.79 Å². The lowest BCUT2D eigenvalue weighted by Crippen LogP contribution is -2.09. The van der Waals surface area contributed by atoms with Gasteiger partial charge in [-0.15, -0.1) is 0 Å². The molecular formula is C19H19N5O3. The van der Waals surface area contributed by atoms with Crippen molar-refractivity contribution in [3.8, 4) is 11.8 Å². The molecule has 2 heterocycles. The van der Waals surface area contributed by atoms with E-state index < -0.39 is 5.97 Å². The van der Waals surface area contributed by atoms with E-state index in [4.69, 9.17) is 9.47 Å². The largest absolute Gasteiger partial charge is 0.462 e. The molecule has 2 aromatic heterocycles. The SMILES string of the molecule is CCOC(=O)c1cncnc1Nc1cccc(Oc2nc(C)cc(C)n2)c1. The maximum atomic E-state index is 12.0. The smallest absolute Gasteiger partial charge is 0.343 e. The van der Waals surface area contributed by atoms with Crippen LogP contribution in [-0.4, -0.2) is 32.5 Å². The predicted octanol–water partition coefficient (Wildman–Crippen LogP) is 3.60. The third kappa shape index (κ3) is 4.75. The zero-order valence-electron chi connectivity index (χ0n) is 15.3. The average molecular weight is 365 g/mol. The fourth-order valence-electron chi connectivity index (χ4n) is 2.41. The van der Waals surface area contributed by atoms with Crippen LogP contribution in [0.15, 0.2) is 42.9 Å². The van der Waals surface area contributed by atoms with Crippen LogP contribution in [0.5, 0.6) is 11.8 Å². The molecule has 0 saturated carbocycles. The Balaban J connectivity index is 1.82. The first-order valence-electron chi connectivity index (χ1n) is 8.39. The summed E-state index contributed by atoms with van der Waals surface area (Å²) in [6.45, 7) is 5.77. The van der Waals surface area contributed by atoms with Crippen LogP contribution in [0.3, 0.4) is 0 Å². The summed E-state index contributed by atoms with van der Waals surface area (Å²) >= 11 is 0. The van der Waals surface area contributed by atoms with Gasteiger partial charge in [-0.3, -0.25) is 0 Å². The summed E-state index contributed by atoms with van der Waals surface area (Å²) < 4.78 is 10.8. The molecule has 0 aliphatic carbocycles. The van der Waals surface area contributed by atoms with Crippen molar-refractivity contribution < 1.29 is 14.3 Å². The molecule has 8 heteroatoms. The monoisotopic (exact) mass is 365 g/mol. The van der Waals surface area contributed by atoms with Gasteiger partial charge in [-0.2, -0.15) is 0 Å². The maximum absolute atomic E-state index is 12.0. The van der Waals surface area contributed by atoms with Gasteiger partial charge in [0.1, 0.15) is 23.5 Å². The third-order valence-corrected chi connectivity index (χ3v) is 3.48. The quantitative estimate of drug-likeness (QED) is 0.662. The minimum Gasteiger partial charge on any atom is -0.462 e. The highest BCUT2D eigenvalue weighted by Gasteiger charge is 2.14. The molecule has 0 spiro atoms. The van der Waals surface area contributed by atoms with E-state index in [1.54, 1.807) is 19.1 Å². The number of hydrogen-bond acceptors (Lipinski definition) is 8. The molecule has 1 aromatic carbocycles. The highest BCUT2D eigenvalue weighted by Crippen LogP contribution is 2.25. The fourth-order valence-corrected chi connectivity index (χ4v) is 2.41. The second kappa shape index (κ2) is 8.22. The van der Waals surface area contributed by atoms with Crippen molar-refractivity contribution in [3.05, 3.63) is 59.8 Å². The Morgan fingerprint density at radius 1 is 1.15 bits per heavy atom. The normalized spacial score (nSPS) is 10.3. The van der Waals surface area contributed by atoms with Gasteiger partial charge in [0.2, 0.25) is 0 Å². The molecule has 3 rings (SSSR count). The van der Waals surface area contributed by atoms with Crippen LogP contribution in [0.2, 0.25) is 0 Å². The molecule has 0 amide bonds. The number of anilines is 2. The first kappa shape index (κ1) is 18.2. The third-order valence-electron chi connectivity index (χ3n) is 3.48. The van der Waals surface area contributed by atoms with Gasteiger partial charge in [-0.25, -0.2) is 24.7 Å². The van der Waals surface area contributed by atoms with Crippen LogP contribution in [0.4, 0.5) is 11.5 Å². The molecule has 8 nitrogen and oxygen atoms in total. The minimum atomic E-state index is -0.489. The van der Waals surface area contributed by atoms with E-state index in [-0.39, 0.29) is 18.2 Å². The van der Waals surface area contributed by atoms with Gasteiger partial charge in [0, 0.05) is 29.3 Å². The van der Waals surface area contributed by atoms with Crippen LogP contribution in [0.25, 0.3) is 0 Å². The van der Waals surface area contributed by atoms with Crippen molar-refractivity contribution in [2.75, 3.05) is 11.9 Å². The van der Waals surface area contributed by atoms with E-state index in [1.165, 1.54) is 12.5 Å². The molecule has 0 saturated heterocycles. The van der Waals surface area contributed by atoms with E-state index in [0.717, 1.165) is 11.4 Å². The van der Waals surface area contributed by atoms with Gasteiger partial charge >= 0.3 is 12.0 Å². The number of aryl methyl sites for hydroxylation is 2. The average Bonchev–Trinajstić information content (AvgIpc) is 2.62. The lowest BCUT2D eigenvalue weighted by molar-refractivity contribution is 0.0526. The Morgan fingerprint density at radius 3 is 2.67 bits per heavy atom. The second-order valence-corrected chi connectivity index (χ2v) is 5.69. The minimum absolute atomic E-state index is 0.253. The van der Waals surface area contributed by atoms with Crippen LogP contribution < -0.4 is 10.1 Å². The standard InChI is InChI=1S/C19H19N5O3/c1-4-26-18(25)16-10-20-11-21-17(16)24-14-6-5-7-15(9-14)27-19-22-12(2)8-13(3)23-19/h5-11H,4H2,1-3H3,(H,20,21,24). The molecule has 0 bridgehead atoms. The fraction of sp³-hybridized carbons (Fsp3) is 0.211. The molecule has 3 aromatic rings. The summed E-state index contributed by atoms with van der Waals surface area (Å²) in [7, 11) is 0. The van der Waals surface area contributed by atoms with Gasteiger partial charge in [0.15, 0.2) is 0 Å². The Morgan fingerprint density at radius 2 is 1.93 bits per heavy atom. The van der Waals surface area contributed by atoms with Crippen molar-refractivity contribution >= 4 is 17.5 Å². The number of aromatic nitrogens is 4. The molecule has 138 valence electrons. The highest BCUT2D eigenvalue weighted by molar-refractivity contribution is 5.95. The van der Waals surface area contributed by atoms with Gasteiger partial charge in [0.05, 0.1) is 6.61 Å². The van der Waals surface area contributed by atoms with Crippen LogP contribution in [0.1, 0.15) is 28.7 Å². The number of ether oxygens (including phenoxy) is 2. The molecule has 1 N–H and O–H groups in total. The Labute approximate surface area is 156 Å². The van der Waals surface area contributed by atoms with Crippen molar-refractivity contribution in [2.45, 2.75) is 20.8 Å². The number of hydrogen-bond donors (Lipinski definition) is 1. The zero-order valence-corrected chi connectivity index (χ0v) is 15.3. The molecular weight excluding hydrogens is 346 g/mol. The molecule has 0 aliphatic heterocycles. The van der Waals surface area contributed by atoms with Gasteiger partial charge < -0.3 is 14.8 Å². The Kier molecular flexibility index (Phi) is 5.55. The van der Waals surface area contributed by atoms with E-state index in [1.807, 2.05) is 32.0 Å². The lowest BCUT2D eigenvalue weighted by atomic mass is 10.2. The van der Waals surface area contributed by atoms with E-state index >= 15 is 0 Å². The number of rotatable bonds is 6. The topological polar surface area (TPSA) is 99.1 Å².